The van der Waals surface area contributed by atoms with E-state index in [1.807, 2.05) is 5.32 Å². The Bertz CT molecular complexity index is 1030. The Morgan fingerprint density at radius 1 is 0.976 bits per heavy atom. The Morgan fingerprint density at radius 2 is 1.61 bits per heavy atom. The second-order valence-corrected chi connectivity index (χ2v) is 8.20. The molecule has 0 aromatic rings. The number of guanidine groups is 1. The third-order valence-electron chi connectivity index (χ3n) is 5.38. The van der Waals surface area contributed by atoms with Crippen molar-refractivity contribution in [3.8, 4) is 0 Å². The largest absolute Gasteiger partial charge is 0.394 e. The van der Waals surface area contributed by atoms with Crippen LogP contribution in [0.3, 0.4) is 0 Å². The van der Waals surface area contributed by atoms with Gasteiger partial charge in [0.05, 0.1) is 12.6 Å². The van der Waals surface area contributed by atoms with E-state index in [0.717, 1.165) is 6.20 Å². The van der Waals surface area contributed by atoms with E-state index >= 15 is 0 Å². The van der Waals surface area contributed by atoms with Gasteiger partial charge >= 0.3 is 6.03 Å². The number of nitrogens with zero attached hydrogens (tertiary/aromatic N) is 1. The number of hydrogen-bond acceptors (Lipinski definition) is 12. The molecule has 1 fully saturated rings. The topological polar surface area (TPSA) is 323 Å². The molecule has 2 rings (SSSR count). The highest BCUT2D eigenvalue weighted by molar-refractivity contribution is 6.02. The summed E-state index contributed by atoms with van der Waals surface area (Å²) in [5.41, 5.74) is 21.6. The highest BCUT2D eigenvalue weighted by Gasteiger charge is 2.34. The number of aliphatic imine (C=N–C) groups is 1. The second kappa shape index (κ2) is 18.7. The predicted octanol–water partition coefficient (Wildman–Crippen LogP) is -6.58. The van der Waals surface area contributed by atoms with Crippen molar-refractivity contribution in [3.63, 3.8) is 0 Å². The Labute approximate surface area is 252 Å². The van der Waals surface area contributed by atoms with Crippen LogP contribution >= 0.6 is 37.2 Å². The molecule has 7 amide bonds. The third-order valence-corrected chi connectivity index (χ3v) is 5.38. The van der Waals surface area contributed by atoms with Gasteiger partial charge in [-0.15, -0.1) is 37.2 Å². The van der Waals surface area contributed by atoms with Gasteiger partial charge in [0.1, 0.15) is 29.9 Å². The maximum Gasteiger partial charge on any atom is 0.316 e. The SMILES string of the molecule is Cl.Cl.Cl.NC[C@@H]1NC(=O)[C@H](CO)NC(=O)[C@@H](N)CNC(=O)[C@H]([C@H]2CCNC(N)=N2)NC(=O)/C(=C/NC(N)=O)NC1=O. The molecule has 19 nitrogen and oxygen atoms in total. The van der Waals surface area contributed by atoms with E-state index in [1.165, 1.54) is 0 Å². The first-order chi connectivity index (χ1) is 18.0. The Balaban J connectivity index is 0. The molecule has 0 aromatic heterocycles. The number of rotatable bonds is 4. The van der Waals surface area contributed by atoms with Gasteiger partial charge in [-0.3, -0.25) is 24.0 Å². The lowest BCUT2D eigenvalue weighted by atomic mass is 10.0. The highest BCUT2D eigenvalue weighted by Crippen LogP contribution is 2.09. The number of nitrogens with one attached hydrogen (secondary N) is 7. The molecule has 0 bridgehead atoms. The van der Waals surface area contributed by atoms with Crippen LogP contribution in [0.1, 0.15) is 6.42 Å². The first-order valence-electron chi connectivity index (χ1n) is 11.4. The Morgan fingerprint density at radius 3 is 2.17 bits per heavy atom. The fourth-order valence-corrected chi connectivity index (χ4v) is 3.35. The number of carbonyl (C=O) groups excluding carboxylic acids is 6. The Kier molecular flexibility index (Phi) is 18.0. The van der Waals surface area contributed by atoms with Crippen molar-refractivity contribution in [1.82, 2.24) is 37.2 Å². The molecule has 1 saturated heterocycles. The van der Waals surface area contributed by atoms with Crippen molar-refractivity contribution >= 4 is 78.7 Å². The molecule has 16 N–H and O–H groups in total. The van der Waals surface area contributed by atoms with Gasteiger partial charge in [0.2, 0.25) is 23.6 Å². The van der Waals surface area contributed by atoms with E-state index in [-0.39, 0.29) is 49.6 Å². The number of aliphatic hydroxyl groups excluding tert-OH is 1. The van der Waals surface area contributed by atoms with Crippen molar-refractivity contribution < 1.29 is 33.9 Å². The minimum atomic E-state index is -1.52. The van der Waals surface area contributed by atoms with Crippen molar-refractivity contribution in [2.45, 2.75) is 36.6 Å². The van der Waals surface area contributed by atoms with Gasteiger partial charge in [0.25, 0.3) is 5.91 Å². The minimum absolute atomic E-state index is 0. The molecular weight excluding hydrogens is 615 g/mol. The monoisotopic (exact) mass is 648 g/mol. The van der Waals surface area contributed by atoms with Gasteiger partial charge in [0, 0.05) is 25.8 Å². The quantitative estimate of drug-likeness (QED) is 0.127. The zero-order valence-electron chi connectivity index (χ0n) is 21.4. The summed E-state index contributed by atoms with van der Waals surface area (Å²) in [5, 5.41) is 25.8. The molecule has 2 aliphatic rings. The lowest BCUT2D eigenvalue weighted by Crippen LogP contribution is -2.62. The van der Waals surface area contributed by atoms with E-state index in [9.17, 15) is 33.9 Å². The summed E-state index contributed by atoms with van der Waals surface area (Å²) in [7, 11) is 0. The summed E-state index contributed by atoms with van der Waals surface area (Å²) in [6, 6.07) is -7.64. The van der Waals surface area contributed by atoms with E-state index in [2.05, 4.69) is 36.9 Å². The maximum absolute atomic E-state index is 13.1. The van der Waals surface area contributed by atoms with Crippen LogP contribution in [0, 0.1) is 0 Å². The van der Waals surface area contributed by atoms with Crippen molar-refractivity contribution in [2.24, 2.45) is 27.9 Å². The van der Waals surface area contributed by atoms with Crippen molar-refractivity contribution in [3.05, 3.63) is 11.9 Å². The number of carbonyl (C=O) groups is 6. The minimum Gasteiger partial charge on any atom is -0.394 e. The van der Waals surface area contributed by atoms with Crippen LogP contribution in [0.5, 0.6) is 0 Å². The smallest absolute Gasteiger partial charge is 0.316 e. The molecular formula is C19H35Cl3N12O7. The first kappa shape index (κ1) is 39.5. The van der Waals surface area contributed by atoms with Gasteiger partial charge in [-0.1, -0.05) is 0 Å². The van der Waals surface area contributed by atoms with Crippen LogP contribution in [0.25, 0.3) is 0 Å². The normalized spacial score (nSPS) is 26.9. The van der Waals surface area contributed by atoms with Crippen LogP contribution in [-0.2, 0) is 24.0 Å². The number of hydrogen-bond donors (Lipinski definition) is 12. The van der Waals surface area contributed by atoms with Crippen LogP contribution in [-0.4, -0.2) is 103 Å². The van der Waals surface area contributed by atoms with Crippen LogP contribution in [0.15, 0.2) is 16.9 Å². The number of primary amides is 1. The number of amides is 7. The zero-order chi connectivity index (χ0) is 28.4. The summed E-state index contributed by atoms with van der Waals surface area (Å²) in [4.78, 5) is 79.3. The van der Waals surface area contributed by atoms with E-state index in [0.29, 0.717) is 6.54 Å². The van der Waals surface area contributed by atoms with Crippen LogP contribution in [0.2, 0.25) is 0 Å². The third kappa shape index (κ3) is 11.8. The fraction of sp³-hybridized carbons (Fsp3) is 0.526. The standard InChI is InChI=1S/C19H32N12O7.3ClH/c20-3-9-14(34)28-10(5-26-19(23)38)15(35)31-12(8-1-2-24-18(22)30-8)17(37)25-4-7(21)13(33)29-11(6-32)16(36)27-9;;;/h5,7-9,11-12,32H,1-4,6,20-21H2,(H,25,37)(H,27,36)(H,28,34)(H,29,33)(H,31,35)(H3,22,24,30)(H3,23,26,38);3*1H/b10-5-;;;/t7-,8+,9-,11-,12-;;;/m0.../s1. The molecule has 0 spiro atoms. The zero-order valence-corrected chi connectivity index (χ0v) is 23.8. The highest BCUT2D eigenvalue weighted by atomic mass is 35.5. The molecule has 0 radical (unpaired) electrons. The van der Waals surface area contributed by atoms with E-state index < -0.39 is 91.2 Å². The van der Waals surface area contributed by atoms with E-state index in [1.54, 1.807) is 0 Å². The summed E-state index contributed by atoms with van der Waals surface area (Å²) in [6.45, 7) is -1.42. The van der Waals surface area contributed by atoms with Crippen molar-refractivity contribution in [1.29, 1.82) is 0 Å². The molecule has 2 aliphatic heterocycles. The Hall–Kier alpha value is -3.62. The molecule has 2 heterocycles. The molecule has 0 saturated carbocycles. The summed E-state index contributed by atoms with van der Waals surface area (Å²) < 4.78 is 0. The van der Waals surface area contributed by atoms with Gasteiger partial charge in [-0.2, -0.15) is 0 Å². The molecule has 22 heteroatoms. The number of aliphatic hydroxyl groups is 1. The average molecular weight is 650 g/mol. The van der Waals surface area contributed by atoms with Gasteiger partial charge < -0.3 is 65.3 Å². The van der Waals surface area contributed by atoms with Gasteiger partial charge in [-0.25, -0.2) is 9.79 Å². The summed E-state index contributed by atoms with van der Waals surface area (Å²) in [5.74, 6) is -4.73. The van der Waals surface area contributed by atoms with Crippen LogP contribution in [0.4, 0.5) is 4.79 Å². The fourth-order valence-electron chi connectivity index (χ4n) is 3.35. The first-order valence-corrected chi connectivity index (χ1v) is 11.4. The molecule has 0 unspecified atom stereocenters. The lowest BCUT2D eigenvalue weighted by molar-refractivity contribution is -0.133. The number of nitrogens with two attached hydrogens (primary N) is 4. The average Bonchev–Trinajstić information content (AvgIpc) is 2.88. The van der Waals surface area contributed by atoms with E-state index in [4.69, 9.17) is 22.9 Å². The number of halogens is 3. The molecule has 5 atom stereocenters. The molecule has 234 valence electrons. The lowest BCUT2D eigenvalue weighted by Gasteiger charge is -2.29. The maximum atomic E-state index is 13.1. The van der Waals surface area contributed by atoms with Gasteiger partial charge in [-0.05, 0) is 6.42 Å². The predicted molar refractivity (Wildman–Crippen MR) is 152 cm³/mol. The van der Waals surface area contributed by atoms with Crippen molar-refractivity contribution in [2.75, 3.05) is 26.2 Å². The summed E-state index contributed by atoms with van der Waals surface area (Å²) >= 11 is 0. The molecule has 0 aliphatic carbocycles. The summed E-state index contributed by atoms with van der Waals surface area (Å²) in [6.07, 6.45) is 1.03. The number of urea groups is 1. The molecule has 0 aromatic carbocycles. The van der Waals surface area contributed by atoms with Gasteiger partial charge in [0.15, 0.2) is 5.96 Å². The van der Waals surface area contributed by atoms with Crippen LogP contribution < -0.4 is 60.2 Å². The molecule has 41 heavy (non-hydrogen) atoms. The second-order valence-electron chi connectivity index (χ2n) is 8.20.